The lowest BCUT2D eigenvalue weighted by Gasteiger charge is -2.32. The summed E-state index contributed by atoms with van der Waals surface area (Å²) < 4.78 is 37.7. The van der Waals surface area contributed by atoms with Gasteiger partial charge in [-0.3, -0.25) is 4.79 Å². The van der Waals surface area contributed by atoms with Crippen LogP contribution < -0.4 is 0 Å². The summed E-state index contributed by atoms with van der Waals surface area (Å²) in [6.45, 7) is 4.64. The van der Waals surface area contributed by atoms with E-state index in [0.29, 0.717) is 45.8 Å². The molecule has 2 rings (SSSR count). The van der Waals surface area contributed by atoms with Crippen LogP contribution in [0.1, 0.15) is 30.1 Å². The zero-order chi connectivity index (χ0) is 15.9. The van der Waals surface area contributed by atoms with E-state index in [9.17, 15) is 13.6 Å². The quantitative estimate of drug-likeness (QED) is 0.758. The lowest BCUT2D eigenvalue weighted by Crippen LogP contribution is -2.41. The van der Waals surface area contributed by atoms with Gasteiger partial charge in [-0.25, -0.2) is 8.78 Å². The highest BCUT2D eigenvalue weighted by Crippen LogP contribution is 2.18. The Morgan fingerprint density at radius 3 is 2.68 bits per heavy atom. The Balaban J connectivity index is 1.83. The van der Waals surface area contributed by atoms with Crippen molar-refractivity contribution in [2.24, 2.45) is 0 Å². The van der Waals surface area contributed by atoms with Crippen LogP contribution in [0.3, 0.4) is 0 Å². The maximum Gasteiger partial charge on any atom is 0.256 e. The molecule has 0 spiro atoms. The average Bonchev–Trinajstić information content (AvgIpc) is 2.54. The first-order valence-corrected chi connectivity index (χ1v) is 7.55. The fraction of sp³-hybridized carbons (Fsp3) is 0.562. The minimum absolute atomic E-state index is 0.0851. The van der Waals surface area contributed by atoms with E-state index in [1.807, 2.05) is 6.92 Å². The number of carbonyl (C=O) groups is 1. The van der Waals surface area contributed by atoms with E-state index >= 15 is 0 Å². The molecule has 122 valence electrons. The summed E-state index contributed by atoms with van der Waals surface area (Å²) in [5.74, 6) is -1.77. The SMILES string of the molecule is CCOCCOC1CCN(C(=O)c2cc(F)ccc2F)CC1. The van der Waals surface area contributed by atoms with Gasteiger partial charge in [-0.1, -0.05) is 0 Å². The molecule has 22 heavy (non-hydrogen) atoms. The van der Waals surface area contributed by atoms with Crippen LogP contribution in [-0.2, 0) is 9.47 Å². The van der Waals surface area contributed by atoms with Crippen LogP contribution in [0.5, 0.6) is 0 Å². The van der Waals surface area contributed by atoms with Crippen molar-refractivity contribution < 1.29 is 23.0 Å². The lowest BCUT2D eigenvalue weighted by molar-refractivity contribution is -0.0183. The molecule has 1 amide bonds. The van der Waals surface area contributed by atoms with Crippen LogP contribution in [0.15, 0.2) is 18.2 Å². The molecule has 0 N–H and O–H groups in total. The second-order valence-electron chi connectivity index (χ2n) is 5.18. The first-order valence-electron chi connectivity index (χ1n) is 7.55. The van der Waals surface area contributed by atoms with Gasteiger partial charge >= 0.3 is 0 Å². The molecular weight excluding hydrogens is 292 g/mol. The van der Waals surface area contributed by atoms with Crippen molar-refractivity contribution in [3.63, 3.8) is 0 Å². The fourth-order valence-corrected chi connectivity index (χ4v) is 2.48. The van der Waals surface area contributed by atoms with Gasteiger partial charge in [0.2, 0.25) is 0 Å². The van der Waals surface area contributed by atoms with Gasteiger partial charge in [0.15, 0.2) is 0 Å². The van der Waals surface area contributed by atoms with Gasteiger partial charge in [0.1, 0.15) is 11.6 Å². The zero-order valence-electron chi connectivity index (χ0n) is 12.7. The van der Waals surface area contributed by atoms with Crippen molar-refractivity contribution >= 4 is 5.91 Å². The molecule has 1 heterocycles. The number of ether oxygens (including phenoxy) is 2. The Morgan fingerprint density at radius 1 is 1.27 bits per heavy atom. The summed E-state index contributed by atoms with van der Waals surface area (Å²) in [6, 6.07) is 2.93. The first-order chi connectivity index (χ1) is 10.6. The number of likely N-dealkylation sites (tertiary alicyclic amines) is 1. The van der Waals surface area contributed by atoms with Gasteiger partial charge in [-0.05, 0) is 38.0 Å². The number of halogens is 2. The van der Waals surface area contributed by atoms with Crippen molar-refractivity contribution in [3.8, 4) is 0 Å². The summed E-state index contributed by atoms with van der Waals surface area (Å²) in [6.07, 6.45) is 1.46. The number of hydrogen-bond donors (Lipinski definition) is 0. The third-order valence-corrected chi connectivity index (χ3v) is 3.67. The van der Waals surface area contributed by atoms with E-state index in [4.69, 9.17) is 9.47 Å². The summed E-state index contributed by atoms with van der Waals surface area (Å²) in [4.78, 5) is 13.8. The topological polar surface area (TPSA) is 38.8 Å². The van der Waals surface area contributed by atoms with Crippen molar-refractivity contribution in [1.29, 1.82) is 0 Å². The molecule has 0 atom stereocenters. The molecule has 6 heteroatoms. The highest BCUT2D eigenvalue weighted by atomic mass is 19.1. The van der Waals surface area contributed by atoms with Crippen molar-refractivity contribution in [2.75, 3.05) is 32.9 Å². The highest BCUT2D eigenvalue weighted by molar-refractivity contribution is 5.94. The number of nitrogens with zero attached hydrogens (tertiary/aromatic N) is 1. The first kappa shape index (κ1) is 16.8. The molecule has 1 aliphatic heterocycles. The number of benzene rings is 1. The average molecular weight is 313 g/mol. The number of hydrogen-bond acceptors (Lipinski definition) is 3. The Kier molecular flexibility index (Phi) is 6.27. The molecule has 0 aromatic heterocycles. The Bertz CT molecular complexity index is 502. The predicted molar refractivity (Wildman–Crippen MR) is 77.7 cm³/mol. The smallest absolute Gasteiger partial charge is 0.256 e. The maximum atomic E-state index is 13.6. The van der Waals surface area contributed by atoms with E-state index in [1.165, 1.54) is 0 Å². The number of carbonyl (C=O) groups excluding carboxylic acids is 1. The summed E-state index contributed by atoms with van der Waals surface area (Å²) in [5, 5.41) is 0. The molecule has 1 aromatic carbocycles. The molecule has 0 aliphatic carbocycles. The van der Waals surface area contributed by atoms with Crippen LogP contribution in [0, 0.1) is 11.6 Å². The zero-order valence-corrected chi connectivity index (χ0v) is 12.7. The van der Waals surface area contributed by atoms with Gasteiger partial charge < -0.3 is 14.4 Å². The standard InChI is InChI=1S/C16H21F2NO3/c1-2-21-9-10-22-13-5-7-19(8-6-13)16(20)14-11-12(17)3-4-15(14)18/h3-4,11,13H,2,5-10H2,1H3. The van der Waals surface area contributed by atoms with Gasteiger partial charge in [-0.2, -0.15) is 0 Å². The van der Waals surface area contributed by atoms with Crippen molar-refractivity contribution in [2.45, 2.75) is 25.9 Å². The molecule has 0 unspecified atom stereocenters. The third kappa shape index (κ3) is 4.48. The normalized spacial score (nSPS) is 16.0. The molecule has 0 bridgehead atoms. The summed E-state index contributed by atoms with van der Waals surface area (Å²) >= 11 is 0. The Hall–Kier alpha value is -1.53. The molecule has 0 saturated carbocycles. The molecule has 1 fully saturated rings. The lowest BCUT2D eigenvalue weighted by atomic mass is 10.1. The van der Waals surface area contributed by atoms with Crippen molar-refractivity contribution in [1.82, 2.24) is 4.90 Å². The van der Waals surface area contributed by atoms with Crippen molar-refractivity contribution in [3.05, 3.63) is 35.4 Å². The largest absolute Gasteiger partial charge is 0.379 e. The molecule has 0 radical (unpaired) electrons. The molecule has 1 saturated heterocycles. The van der Waals surface area contributed by atoms with Crippen LogP contribution in [-0.4, -0.2) is 49.8 Å². The van der Waals surface area contributed by atoms with Gasteiger partial charge in [0.25, 0.3) is 5.91 Å². The molecule has 1 aliphatic rings. The van der Waals surface area contributed by atoms with E-state index in [-0.39, 0.29) is 11.7 Å². The highest BCUT2D eigenvalue weighted by Gasteiger charge is 2.25. The summed E-state index contributed by atoms with van der Waals surface area (Å²) in [7, 11) is 0. The second kappa shape index (κ2) is 8.19. The number of amides is 1. The van der Waals surface area contributed by atoms with E-state index in [2.05, 4.69) is 0 Å². The van der Waals surface area contributed by atoms with Crippen LogP contribution in [0.25, 0.3) is 0 Å². The fourth-order valence-electron chi connectivity index (χ4n) is 2.48. The maximum absolute atomic E-state index is 13.6. The van der Waals surface area contributed by atoms with Crippen LogP contribution >= 0.6 is 0 Å². The molecule has 4 nitrogen and oxygen atoms in total. The summed E-state index contributed by atoms with van der Waals surface area (Å²) in [5.41, 5.74) is -0.212. The second-order valence-corrected chi connectivity index (χ2v) is 5.18. The van der Waals surface area contributed by atoms with E-state index < -0.39 is 17.5 Å². The Labute approximate surface area is 129 Å². The van der Waals surface area contributed by atoms with E-state index in [0.717, 1.165) is 18.2 Å². The number of rotatable bonds is 6. The molecular formula is C16H21F2NO3. The van der Waals surface area contributed by atoms with Crippen LogP contribution in [0.2, 0.25) is 0 Å². The van der Waals surface area contributed by atoms with Crippen LogP contribution in [0.4, 0.5) is 8.78 Å². The van der Waals surface area contributed by atoms with Gasteiger partial charge in [-0.15, -0.1) is 0 Å². The third-order valence-electron chi connectivity index (χ3n) is 3.67. The Morgan fingerprint density at radius 2 is 2.00 bits per heavy atom. The number of piperidine rings is 1. The minimum Gasteiger partial charge on any atom is -0.379 e. The predicted octanol–water partition coefficient (Wildman–Crippen LogP) is 2.62. The van der Waals surface area contributed by atoms with Gasteiger partial charge in [0, 0.05) is 19.7 Å². The van der Waals surface area contributed by atoms with E-state index in [1.54, 1.807) is 4.90 Å². The monoisotopic (exact) mass is 313 g/mol. The molecule has 1 aromatic rings. The minimum atomic E-state index is -0.693. The van der Waals surface area contributed by atoms with Gasteiger partial charge in [0.05, 0.1) is 24.9 Å².